The maximum absolute atomic E-state index is 13.1. The van der Waals surface area contributed by atoms with Crippen molar-refractivity contribution >= 4 is 51.5 Å². The molecule has 5 rings (SSSR count). The quantitative estimate of drug-likeness (QED) is 0.285. The first-order chi connectivity index (χ1) is 18.4. The molecule has 7 nitrogen and oxygen atoms in total. The van der Waals surface area contributed by atoms with Crippen molar-refractivity contribution in [2.75, 3.05) is 18.5 Å². The number of rotatable bonds is 8. The van der Waals surface area contributed by atoms with Crippen LogP contribution in [0.2, 0.25) is 0 Å². The Labute approximate surface area is 225 Å². The Morgan fingerprint density at radius 1 is 0.974 bits per heavy atom. The van der Waals surface area contributed by atoms with Crippen molar-refractivity contribution < 1.29 is 19.1 Å². The molecule has 1 saturated heterocycles. The van der Waals surface area contributed by atoms with E-state index in [0.29, 0.717) is 18.8 Å². The minimum atomic E-state index is -0.473. The fourth-order valence-electron chi connectivity index (χ4n) is 4.29. The molecule has 0 saturated carbocycles. The molecule has 192 valence electrons. The summed E-state index contributed by atoms with van der Waals surface area (Å²) in [6, 6.07) is 23.1. The molecule has 3 amide bonds. The van der Waals surface area contributed by atoms with E-state index in [4.69, 9.17) is 4.74 Å². The normalized spacial score (nSPS) is 14.5. The summed E-state index contributed by atoms with van der Waals surface area (Å²) in [7, 11) is 0. The number of ether oxygens (including phenoxy) is 1. The molecule has 38 heavy (non-hydrogen) atoms. The third-order valence-corrected chi connectivity index (χ3v) is 7.32. The predicted octanol–water partition coefficient (Wildman–Crippen LogP) is 6.01. The van der Waals surface area contributed by atoms with Gasteiger partial charge in [-0.05, 0) is 73.1 Å². The maximum atomic E-state index is 13.1. The summed E-state index contributed by atoms with van der Waals surface area (Å²) < 4.78 is 7.93. The summed E-state index contributed by atoms with van der Waals surface area (Å²) >= 11 is 0.847. The first kappa shape index (κ1) is 25.4. The van der Waals surface area contributed by atoms with Gasteiger partial charge in [-0.15, -0.1) is 0 Å². The Morgan fingerprint density at radius 3 is 2.53 bits per heavy atom. The number of hydrogen-bond acceptors (Lipinski definition) is 5. The van der Waals surface area contributed by atoms with Crippen LogP contribution in [0.5, 0.6) is 5.75 Å². The Morgan fingerprint density at radius 2 is 1.74 bits per heavy atom. The van der Waals surface area contributed by atoms with Gasteiger partial charge in [0.05, 0.1) is 11.4 Å². The highest BCUT2D eigenvalue weighted by molar-refractivity contribution is 8.18. The summed E-state index contributed by atoms with van der Waals surface area (Å²) in [5.74, 6) is -0.0919. The van der Waals surface area contributed by atoms with E-state index in [2.05, 4.69) is 9.88 Å². The average Bonchev–Trinajstić information content (AvgIpc) is 3.39. The first-order valence-corrected chi connectivity index (χ1v) is 13.1. The number of benzene rings is 3. The Hall–Kier alpha value is -4.30. The monoisotopic (exact) mass is 525 g/mol. The number of imide groups is 1. The zero-order valence-electron chi connectivity index (χ0n) is 21.1. The number of hydrogen-bond donors (Lipinski definition) is 1. The van der Waals surface area contributed by atoms with E-state index in [-0.39, 0.29) is 11.4 Å². The zero-order valence-corrected chi connectivity index (χ0v) is 22.0. The highest BCUT2D eigenvalue weighted by atomic mass is 32.2. The van der Waals surface area contributed by atoms with Gasteiger partial charge in [0, 0.05) is 28.4 Å². The van der Waals surface area contributed by atoms with Crippen LogP contribution >= 0.6 is 11.8 Å². The topological polar surface area (TPSA) is 80.6 Å². The summed E-state index contributed by atoms with van der Waals surface area (Å²) in [4.78, 5) is 39.6. The van der Waals surface area contributed by atoms with E-state index < -0.39 is 17.1 Å². The van der Waals surface area contributed by atoms with Crippen LogP contribution < -0.4 is 10.1 Å². The molecule has 1 N–H and O–H groups in total. The molecule has 0 aliphatic carbocycles. The number of aryl methyl sites for hydroxylation is 2. The van der Waals surface area contributed by atoms with Crippen LogP contribution in [0.25, 0.3) is 17.0 Å². The highest BCUT2D eigenvalue weighted by Gasteiger charge is 2.36. The number of nitrogens with zero attached hydrogens (tertiary/aromatic N) is 2. The lowest BCUT2D eigenvalue weighted by atomic mass is 10.1. The number of nitrogens with one attached hydrogen (secondary N) is 1. The third-order valence-electron chi connectivity index (χ3n) is 6.42. The van der Waals surface area contributed by atoms with Gasteiger partial charge in [0.2, 0.25) is 5.91 Å². The van der Waals surface area contributed by atoms with Crippen LogP contribution in [-0.2, 0) is 16.1 Å². The van der Waals surface area contributed by atoms with Crippen LogP contribution in [0.3, 0.4) is 0 Å². The second-order valence-electron chi connectivity index (χ2n) is 9.07. The SMILES string of the molecule is Cc1ccc(NC(=O)CN2C(=O)S/C(=C\c3cn(CCOc4ccccc4)c4ccccc34)C2=O)cc1C. The molecule has 1 aromatic heterocycles. The van der Waals surface area contributed by atoms with Gasteiger partial charge in [-0.25, -0.2) is 0 Å². The van der Waals surface area contributed by atoms with Crippen molar-refractivity contribution in [3.8, 4) is 5.75 Å². The van der Waals surface area contributed by atoms with E-state index in [0.717, 1.165) is 50.0 Å². The molecule has 1 aliphatic rings. The van der Waals surface area contributed by atoms with Crippen molar-refractivity contribution in [3.05, 3.63) is 101 Å². The lowest BCUT2D eigenvalue weighted by Gasteiger charge is -2.13. The second kappa shape index (κ2) is 11.0. The number of amides is 3. The van der Waals surface area contributed by atoms with Gasteiger partial charge in [0.1, 0.15) is 18.9 Å². The van der Waals surface area contributed by atoms with Gasteiger partial charge in [-0.2, -0.15) is 0 Å². The first-order valence-electron chi connectivity index (χ1n) is 12.3. The molecule has 1 aliphatic heterocycles. The third kappa shape index (κ3) is 5.50. The number of carbonyl (C=O) groups is 3. The van der Waals surface area contributed by atoms with Gasteiger partial charge < -0.3 is 14.6 Å². The summed E-state index contributed by atoms with van der Waals surface area (Å²) in [5.41, 5.74) is 4.62. The minimum absolute atomic E-state index is 0.289. The largest absolute Gasteiger partial charge is 0.492 e. The lowest BCUT2D eigenvalue weighted by molar-refractivity contribution is -0.127. The van der Waals surface area contributed by atoms with E-state index in [9.17, 15) is 14.4 Å². The Kier molecular flexibility index (Phi) is 7.33. The van der Waals surface area contributed by atoms with Gasteiger partial charge in [0.15, 0.2) is 0 Å². The van der Waals surface area contributed by atoms with E-state index in [1.54, 1.807) is 12.1 Å². The predicted molar refractivity (Wildman–Crippen MR) is 151 cm³/mol. The van der Waals surface area contributed by atoms with Gasteiger partial charge >= 0.3 is 0 Å². The summed E-state index contributed by atoms with van der Waals surface area (Å²) in [5, 5.41) is 3.28. The lowest BCUT2D eigenvalue weighted by Crippen LogP contribution is -2.36. The number of thioether (sulfide) groups is 1. The Bertz CT molecular complexity index is 1560. The molecular weight excluding hydrogens is 498 g/mol. The molecule has 1 fully saturated rings. The fraction of sp³-hybridized carbons (Fsp3) is 0.167. The van der Waals surface area contributed by atoms with Crippen molar-refractivity contribution in [2.45, 2.75) is 20.4 Å². The molecule has 0 atom stereocenters. The number of carbonyl (C=O) groups excluding carboxylic acids is 3. The second-order valence-corrected chi connectivity index (χ2v) is 10.1. The van der Waals surface area contributed by atoms with Crippen molar-refractivity contribution in [3.63, 3.8) is 0 Å². The number of fused-ring (bicyclic) bond motifs is 1. The fourth-order valence-corrected chi connectivity index (χ4v) is 5.12. The summed E-state index contributed by atoms with van der Waals surface area (Å²) in [6.45, 7) is 4.70. The molecule has 8 heteroatoms. The molecular formula is C30H27N3O4S. The van der Waals surface area contributed by atoms with Crippen molar-refractivity contribution in [1.82, 2.24) is 9.47 Å². The van der Waals surface area contributed by atoms with Crippen LogP contribution in [0.4, 0.5) is 10.5 Å². The smallest absolute Gasteiger partial charge is 0.294 e. The van der Waals surface area contributed by atoms with Crippen LogP contribution in [0.1, 0.15) is 16.7 Å². The minimum Gasteiger partial charge on any atom is -0.492 e. The van der Waals surface area contributed by atoms with Crippen molar-refractivity contribution in [1.29, 1.82) is 0 Å². The molecule has 0 spiro atoms. The average molecular weight is 526 g/mol. The highest BCUT2D eigenvalue weighted by Crippen LogP contribution is 2.34. The molecule has 0 unspecified atom stereocenters. The van der Waals surface area contributed by atoms with Gasteiger partial charge in [-0.1, -0.05) is 42.5 Å². The van der Waals surface area contributed by atoms with Crippen LogP contribution in [0, 0.1) is 13.8 Å². The summed E-state index contributed by atoms with van der Waals surface area (Å²) in [6.07, 6.45) is 3.68. The Balaban J connectivity index is 1.30. The van der Waals surface area contributed by atoms with Gasteiger partial charge in [0.25, 0.3) is 11.1 Å². The van der Waals surface area contributed by atoms with E-state index in [1.807, 2.05) is 86.8 Å². The van der Waals surface area contributed by atoms with Gasteiger partial charge in [-0.3, -0.25) is 19.3 Å². The van der Waals surface area contributed by atoms with E-state index in [1.165, 1.54) is 0 Å². The zero-order chi connectivity index (χ0) is 26.6. The van der Waals surface area contributed by atoms with Crippen LogP contribution in [0.15, 0.2) is 83.9 Å². The maximum Gasteiger partial charge on any atom is 0.294 e. The molecule has 4 aromatic rings. The molecule has 2 heterocycles. The number of anilines is 1. The number of aromatic nitrogens is 1. The van der Waals surface area contributed by atoms with Crippen molar-refractivity contribution in [2.24, 2.45) is 0 Å². The van der Waals surface area contributed by atoms with Crippen LogP contribution in [-0.4, -0.2) is 39.7 Å². The van der Waals surface area contributed by atoms with E-state index >= 15 is 0 Å². The molecule has 3 aromatic carbocycles. The molecule has 0 radical (unpaired) electrons. The standard InChI is InChI=1S/C30H27N3O4S/c1-20-12-13-23(16-21(20)2)31-28(34)19-33-29(35)27(38-30(33)36)17-22-18-32(26-11-7-6-10-25(22)26)14-15-37-24-8-4-3-5-9-24/h3-13,16-18H,14-15,19H2,1-2H3,(H,31,34)/b27-17-. The number of para-hydroxylation sites is 2. The molecule has 0 bridgehead atoms.